The molecule has 1 rings (SSSR count). The van der Waals surface area contributed by atoms with Crippen LogP contribution in [-0.4, -0.2) is 17.2 Å². The minimum Gasteiger partial charge on any atom is -0.316 e. The van der Waals surface area contributed by atoms with E-state index in [1.54, 1.807) is 0 Å². The Morgan fingerprint density at radius 2 is 1.67 bits per heavy atom. The largest absolute Gasteiger partial charge is 0.316 e. The summed E-state index contributed by atoms with van der Waals surface area (Å²) in [7, 11) is 0. The minimum atomic E-state index is 0.0677. The Labute approximate surface area is 63.3 Å². The van der Waals surface area contributed by atoms with Gasteiger partial charge in [0.1, 0.15) is 0 Å². The number of halogens is 1. The average Bonchev–Trinajstić information content (AvgIpc) is 1.59. The Morgan fingerprint density at radius 3 is 2.00 bits per heavy atom. The highest BCUT2D eigenvalue weighted by Crippen LogP contribution is 2.15. The zero-order valence-electron chi connectivity index (χ0n) is 5.18. The highest BCUT2D eigenvalue weighted by molar-refractivity contribution is 9.09. The lowest BCUT2D eigenvalue weighted by molar-refractivity contribution is 0.342. The van der Waals surface area contributed by atoms with Gasteiger partial charge in [0.05, 0.1) is 12.3 Å². The summed E-state index contributed by atoms with van der Waals surface area (Å²) < 4.78 is 0. The summed E-state index contributed by atoms with van der Waals surface area (Å²) in [5.74, 6) is 0. The van der Waals surface area contributed by atoms with E-state index < -0.39 is 0 Å². The molecule has 1 saturated heterocycles. The number of rotatable bonds is 0. The van der Waals surface area contributed by atoms with Crippen LogP contribution in [0.1, 0.15) is 12.8 Å². The van der Waals surface area contributed by atoms with E-state index >= 15 is 0 Å². The van der Waals surface area contributed by atoms with E-state index in [0.717, 1.165) is 12.8 Å². The predicted octanol–water partition coefficient (Wildman–Crippen LogP) is -0.297. The molecule has 0 saturated carbocycles. The first kappa shape index (κ1) is 7.47. The molecule has 54 valence electrons. The Balaban J connectivity index is 2.34. The van der Waals surface area contributed by atoms with Crippen molar-refractivity contribution < 1.29 is 0 Å². The van der Waals surface area contributed by atoms with Gasteiger partial charge in [-0.3, -0.25) is 5.32 Å². The van der Waals surface area contributed by atoms with Crippen LogP contribution in [0.25, 0.3) is 0 Å². The van der Waals surface area contributed by atoms with E-state index in [2.05, 4.69) is 21.2 Å². The normalized spacial score (nSPS) is 45.0. The van der Waals surface area contributed by atoms with Gasteiger partial charge in [-0.1, -0.05) is 15.9 Å². The molecule has 0 amide bonds. The van der Waals surface area contributed by atoms with E-state index in [0.29, 0.717) is 4.83 Å². The van der Waals surface area contributed by atoms with Gasteiger partial charge in [-0.2, -0.15) is 0 Å². The van der Waals surface area contributed by atoms with Crippen molar-refractivity contribution in [2.45, 2.75) is 30.0 Å². The topological polar surface area (TPSA) is 64.1 Å². The van der Waals surface area contributed by atoms with Crippen molar-refractivity contribution in [1.82, 2.24) is 5.32 Å². The molecule has 3 nitrogen and oxygen atoms in total. The van der Waals surface area contributed by atoms with E-state index in [1.807, 2.05) is 0 Å². The molecule has 5 N–H and O–H groups in total. The molecule has 1 fully saturated rings. The van der Waals surface area contributed by atoms with Crippen molar-refractivity contribution in [3.8, 4) is 0 Å². The van der Waals surface area contributed by atoms with Crippen LogP contribution >= 0.6 is 15.9 Å². The highest BCUT2D eigenvalue weighted by Gasteiger charge is 2.20. The van der Waals surface area contributed by atoms with Crippen LogP contribution in [0.3, 0.4) is 0 Å². The average molecular weight is 194 g/mol. The molecule has 0 aromatic carbocycles. The zero-order chi connectivity index (χ0) is 6.85. The van der Waals surface area contributed by atoms with Gasteiger partial charge in [-0.25, -0.2) is 0 Å². The Bertz CT molecular complexity index is 73.2. The van der Waals surface area contributed by atoms with Crippen LogP contribution in [-0.2, 0) is 0 Å². The van der Waals surface area contributed by atoms with Gasteiger partial charge in [-0.05, 0) is 12.8 Å². The summed E-state index contributed by atoms with van der Waals surface area (Å²) in [5, 5.41) is 3.04. The summed E-state index contributed by atoms with van der Waals surface area (Å²) in [5.41, 5.74) is 11.2. The second kappa shape index (κ2) is 2.96. The van der Waals surface area contributed by atoms with E-state index in [4.69, 9.17) is 11.5 Å². The first-order chi connectivity index (χ1) is 4.18. The summed E-state index contributed by atoms with van der Waals surface area (Å²) in [6, 6.07) is 0. The molecule has 0 aromatic heterocycles. The van der Waals surface area contributed by atoms with E-state index in [-0.39, 0.29) is 12.3 Å². The fourth-order valence-electron chi connectivity index (χ4n) is 1.06. The van der Waals surface area contributed by atoms with E-state index in [1.165, 1.54) is 0 Å². The summed E-state index contributed by atoms with van der Waals surface area (Å²) >= 11 is 3.47. The highest BCUT2D eigenvalue weighted by atomic mass is 79.9. The van der Waals surface area contributed by atoms with Gasteiger partial charge in [0, 0.05) is 4.83 Å². The van der Waals surface area contributed by atoms with E-state index in [9.17, 15) is 0 Å². The molecule has 0 aliphatic carbocycles. The quantitative estimate of drug-likeness (QED) is 0.464. The van der Waals surface area contributed by atoms with Gasteiger partial charge in [0.15, 0.2) is 0 Å². The lowest BCUT2D eigenvalue weighted by Crippen LogP contribution is -2.54. The minimum absolute atomic E-state index is 0.0677. The molecule has 0 radical (unpaired) electrons. The van der Waals surface area contributed by atoms with Crippen molar-refractivity contribution in [3.63, 3.8) is 0 Å². The van der Waals surface area contributed by atoms with Crippen LogP contribution in [0.5, 0.6) is 0 Å². The number of alkyl halides is 1. The Morgan fingerprint density at radius 1 is 1.22 bits per heavy atom. The lowest BCUT2D eigenvalue weighted by atomic mass is 10.1. The third kappa shape index (κ3) is 2.21. The molecule has 0 bridgehead atoms. The van der Waals surface area contributed by atoms with Crippen LogP contribution in [0, 0.1) is 0 Å². The first-order valence-corrected chi connectivity index (χ1v) is 4.01. The molecule has 2 unspecified atom stereocenters. The molecule has 1 aliphatic heterocycles. The van der Waals surface area contributed by atoms with Gasteiger partial charge >= 0.3 is 0 Å². The fourth-order valence-corrected chi connectivity index (χ4v) is 1.86. The van der Waals surface area contributed by atoms with Gasteiger partial charge in [0.25, 0.3) is 0 Å². The van der Waals surface area contributed by atoms with Crippen molar-refractivity contribution in [3.05, 3.63) is 0 Å². The molecule has 2 atom stereocenters. The molecule has 0 spiro atoms. The molecule has 1 heterocycles. The lowest BCUT2D eigenvalue weighted by Gasteiger charge is -2.29. The number of nitrogens with two attached hydrogens (primary N) is 2. The van der Waals surface area contributed by atoms with Gasteiger partial charge in [-0.15, -0.1) is 0 Å². The molecular weight excluding hydrogens is 182 g/mol. The number of hydrogen-bond acceptors (Lipinski definition) is 3. The standard InChI is InChI=1S/C5H12BrN3/c6-3-1-4(7)9-5(8)2-3/h3-5,9H,1-2,7-8H2. The van der Waals surface area contributed by atoms with Crippen LogP contribution < -0.4 is 16.8 Å². The van der Waals surface area contributed by atoms with Crippen LogP contribution in [0.2, 0.25) is 0 Å². The van der Waals surface area contributed by atoms with Gasteiger partial charge < -0.3 is 11.5 Å². The second-order valence-electron chi connectivity index (χ2n) is 2.45. The predicted molar refractivity (Wildman–Crippen MR) is 41.0 cm³/mol. The van der Waals surface area contributed by atoms with Crippen molar-refractivity contribution in [1.29, 1.82) is 0 Å². The third-order valence-corrected chi connectivity index (χ3v) is 2.20. The second-order valence-corrected chi connectivity index (χ2v) is 3.74. The van der Waals surface area contributed by atoms with Crippen LogP contribution in [0.15, 0.2) is 0 Å². The fraction of sp³-hybridized carbons (Fsp3) is 1.00. The Hall–Kier alpha value is 0.360. The number of hydrogen-bond donors (Lipinski definition) is 3. The smallest absolute Gasteiger partial charge is 0.0569 e. The zero-order valence-corrected chi connectivity index (χ0v) is 6.76. The first-order valence-electron chi connectivity index (χ1n) is 3.10. The van der Waals surface area contributed by atoms with Gasteiger partial charge in [0.2, 0.25) is 0 Å². The maximum atomic E-state index is 5.59. The maximum Gasteiger partial charge on any atom is 0.0569 e. The molecule has 1 aliphatic rings. The van der Waals surface area contributed by atoms with Crippen molar-refractivity contribution >= 4 is 15.9 Å². The van der Waals surface area contributed by atoms with Crippen molar-refractivity contribution in [2.24, 2.45) is 11.5 Å². The molecular formula is C5H12BrN3. The number of nitrogens with one attached hydrogen (secondary N) is 1. The summed E-state index contributed by atoms with van der Waals surface area (Å²) in [6.07, 6.45) is 2.07. The van der Waals surface area contributed by atoms with Crippen LogP contribution in [0.4, 0.5) is 0 Å². The summed E-state index contributed by atoms with van der Waals surface area (Å²) in [6.45, 7) is 0. The monoisotopic (exact) mass is 193 g/mol. The maximum absolute atomic E-state index is 5.59. The molecule has 9 heavy (non-hydrogen) atoms. The molecule has 0 aromatic rings. The molecule has 4 heteroatoms. The van der Waals surface area contributed by atoms with Crippen molar-refractivity contribution in [2.75, 3.05) is 0 Å². The third-order valence-electron chi connectivity index (χ3n) is 1.45. The summed E-state index contributed by atoms with van der Waals surface area (Å²) in [4.78, 5) is 0.490. The number of piperidine rings is 1. The SMILES string of the molecule is NC1CC(Br)CC(N)N1. The Kier molecular flexibility index (Phi) is 2.46.